The average molecular weight is 468 g/mol. The highest BCUT2D eigenvalue weighted by Crippen LogP contribution is 2.76. The van der Waals surface area contributed by atoms with Gasteiger partial charge in [0.1, 0.15) is 12.4 Å². The maximum absolute atomic E-state index is 12.3. The Morgan fingerprint density at radius 2 is 1.82 bits per heavy atom. The zero-order chi connectivity index (χ0) is 23.4. The molecule has 4 nitrogen and oxygen atoms in total. The smallest absolute Gasteiger partial charge is 0.137 e. The average Bonchev–Trinajstić information content (AvgIpc) is 3.17. The van der Waals surface area contributed by atoms with Crippen molar-refractivity contribution in [3.8, 4) is 0 Å². The summed E-state index contributed by atoms with van der Waals surface area (Å²) in [7, 11) is 0. The van der Waals surface area contributed by atoms with Crippen LogP contribution < -0.4 is 5.73 Å². The minimum atomic E-state index is -0.393. The highest BCUT2D eigenvalue weighted by molar-refractivity contribution is 5.61. The van der Waals surface area contributed by atoms with E-state index in [0.29, 0.717) is 41.9 Å². The molecule has 5 saturated carbocycles. The van der Waals surface area contributed by atoms with Crippen LogP contribution in [0.25, 0.3) is 0 Å². The number of hydrogen-bond donors (Lipinski definition) is 2. The molecule has 5 fully saturated rings. The third kappa shape index (κ3) is 3.65. The predicted octanol–water partition coefficient (Wildman–Crippen LogP) is 5.40. The molecule has 0 spiro atoms. The van der Waals surface area contributed by atoms with Gasteiger partial charge >= 0.3 is 0 Å². The number of aliphatic hydroxyl groups excluding tert-OH is 1. The molecule has 1 heterocycles. The molecule has 1 aliphatic heterocycles. The Morgan fingerprint density at radius 1 is 1.03 bits per heavy atom. The molecule has 0 aromatic heterocycles. The second-order valence-corrected chi connectivity index (χ2v) is 13.0. The van der Waals surface area contributed by atoms with Gasteiger partial charge in [-0.15, -0.1) is 0 Å². The van der Waals surface area contributed by atoms with Gasteiger partial charge in [0.2, 0.25) is 0 Å². The number of carbonyl (C=O) groups is 1. The molecule has 3 N–H and O–H groups in total. The highest BCUT2D eigenvalue weighted by atomic mass is 16.5. The van der Waals surface area contributed by atoms with Crippen molar-refractivity contribution in [1.29, 1.82) is 0 Å². The molecule has 34 heavy (non-hydrogen) atoms. The van der Waals surface area contributed by atoms with Crippen LogP contribution in [0.15, 0.2) is 24.5 Å². The van der Waals surface area contributed by atoms with Gasteiger partial charge in [0, 0.05) is 11.8 Å². The number of nitrogens with two attached hydrogens (primary N) is 1. The van der Waals surface area contributed by atoms with E-state index >= 15 is 0 Å². The van der Waals surface area contributed by atoms with Gasteiger partial charge in [0.25, 0.3) is 0 Å². The topological polar surface area (TPSA) is 72.6 Å². The van der Waals surface area contributed by atoms with Crippen molar-refractivity contribution in [2.24, 2.45) is 58.5 Å². The van der Waals surface area contributed by atoms with Gasteiger partial charge in [0.05, 0.1) is 18.4 Å². The van der Waals surface area contributed by atoms with Gasteiger partial charge < -0.3 is 20.4 Å². The van der Waals surface area contributed by atoms with E-state index < -0.39 is 6.10 Å². The Bertz CT molecular complexity index is 818. The van der Waals surface area contributed by atoms with Crippen LogP contribution in [0.5, 0.6) is 0 Å². The molecule has 4 heteroatoms. The summed E-state index contributed by atoms with van der Waals surface area (Å²) < 4.78 is 6.00. The lowest BCUT2D eigenvalue weighted by molar-refractivity contribution is -0.111. The van der Waals surface area contributed by atoms with Crippen LogP contribution in [0, 0.1) is 52.8 Å². The van der Waals surface area contributed by atoms with Crippen molar-refractivity contribution in [1.82, 2.24) is 0 Å². The third-order valence-electron chi connectivity index (χ3n) is 11.7. The second-order valence-electron chi connectivity index (χ2n) is 13.0. The number of fused-ring (bicyclic) bond motifs is 3. The quantitative estimate of drug-likeness (QED) is 0.420. The fourth-order valence-electron chi connectivity index (χ4n) is 10.3. The van der Waals surface area contributed by atoms with E-state index in [9.17, 15) is 9.90 Å². The first-order valence-corrected chi connectivity index (χ1v) is 14.4. The fraction of sp³-hybridized carbons (Fsp3) is 0.833. The van der Waals surface area contributed by atoms with Crippen LogP contribution in [0.3, 0.4) is 0 Å². The summed E-state index contributed by atoms with van der Waals surface area (Å²) in [6.45, 7) is 4.59. The van der Waals surface area contributed by atoms with E-state index in [-0.39, 0.29) is 17.6 Å². The summed E-state index contributed by atoms with van der Waals surface area (Å²) in [4.78, 5) is 12.3. The maximum Gasteiger partial charge on any atom is 0.137 e. The van der Waals surface area contributed by atoms with E-state index in [2.05, 4.69) is 6.58 Å². The van der Waals surface area contributed by atoms with Crippen LogP contribution >= 0.6 is 0 Å². The Morgan fingerprint density at radius 3 is 2.59 bits per heavy atom. The first-order valence-electron chi connectivity index (χ1n) is 14.4. The van der Waals surface area contributed by atoms with E-state index in [4.69, 9.17) is 10.5 Å². The Hall–Kier alpha value is -1.13. The molecule has 0 saturated heterocycles. The van der Waals surface area contributed by atoms with Gasteiger partial charge in [-0.25, -0.2) is 0 Å². The van der Waals surface area contributed by atoms with Crippen molar-refractivity contribution in [2.45, 2.75) is 102 Å². The van der Waals surface area contributed by atoms with Crippen LogP contribution in [0.4, 0.5) is 0 Å². The second kappa shape index (κ2) is 9.07. The van der Waals surface area contributed by atoms with Gasteiger partial charge in [-0.05, 0) is 98.4 Å². The minimum Gasteiger partial charge on any atom is -0.498 e. The molecule has 0 aromatic carbocycles. The zero-order valence-electron chi connectivity index (χ0n) is 20.8. The third-order valence-corrected chi connectivity index (χ3v) is 11.7. The minimum absolute atomic E-state index is 0.0161. The summed E-state index contributed by atoms with van der Waals surface area (Å²) in [5.41, 5.74) is 8.29. The molecule has 0 radical (unpaired) electrons. The van der Waals surface area contributed by atoms with Crippen LogP contribution in [0.2, 0.25) is 0 Å². The summed E-state index contributed by atoms with van der Waals surface area (Å²) in [5, 5.41) is 10.2. The van der Waals surface area contributed by atoms with Gasteiger partial charge in [0.15, 0.2) is 0 Å². The van der Waals surface area contributed by atoms with E-state index in [1.807, 2.05) is 0 Å². The summed E-state index contributed by atoms with van der Waals surface area (Å²) >= 11 is 0. The number of allylic oxidation sites excluding steroid dienone is 1. The molecule has 0 aromatic rings. The van der Waals surface area contributed by atoms with E-state index in [1.54, 1.807) is 12.3 Å². The molecule has 6 aliphatic rings. The molecule has 5 aliphatic carbocycles. The van der Waals surface area contributed by atoms with Gasteiger partial charge in [-0.3, -0.25) is 0 Å². The summed E-state index contributed by atoms with van der Waals surface area (Å²) in [5.74, 6) is 5.28. The normalized spacial score (nSPS) is 49.6. The molecule has 0 unspecified atom stereocenters. The monoisotopic (exact) mass is 467 g/mol. The lowest BCUT2D eigenvalue weighted by Gasteiger charge is -2.42. The standard InChI is InChI=1S/C30H45NO3/c1-18-9-10-26-29(25-15-21(14-24(18)25)19-5-2-3-6-19)30(26,28(31)17-32)22-8-4-7-20(13-22)27-16-23(33)11-12-34-27/h11-12,17,19-29,33H,1-10,13-16,31H2/t20-,21+,22+,23+,24-,25-,26-,27-,28+,29+,30-/m1/s1. The summed E-state index contributed by atoms with van der Waals surface area (Å²) in [6, 6.07) is -0.346. The van der Waals surface area contributed by atoms with Crippen LogP contribution in [-0.2, 0) is 9.53 Å². The Kier molecular flexibility index (Phi) is 6.21. The number of ether oxygens (including phenoxy) is 1. The van der Waals surface area contributed by atoms with Crippen molar-refractivity contribution >= 4 is 6.29 Å². The molecular formula is C30H45NO3. The SMILES string of the molecule is C=C1CC[C@@H]2[C@H]([C@@H]3C[C@@H](C4CCCC4)C[C@H]13)[C@@]2([C@H]1CCC[C@@H]([C@H]2C[C@@H](O)C=CO2)C1)[C@@H](N)C=O. The molecule has 0 amide bonds. The molecule has 188 valence electrons. The molecular weight excluding hydrogens is 422 g/mol. The van der Waals surface area contributed by atoms with E-state index in [1.165, 1.54) is 63.4 Å². The van der Waals surface area contributed by atoms with Gasteiger partial charge in [-0.1, -0.05) is 44.3 Å². The van der Waals surface area contributed by atoms with Gasteiger partial charge in [-0.2, -0.15) is 0 Å². The van der Waals surface area contributed by atoms with Crippen molar-refractivity contribution < 1.29 is 14.6 Å². The lowest BCUT2D eigenvalue weighted by atomic mass is 9.65. The van der Waals surface area contributed by atoms with Crippen molar-refractivity contribution in [2.75, 3.05) is 0 Å². The molecule has 0 bridgehead atoms. The summed E-state index contributed by atoms with van der Waals surface area (Å²) in [6.07, 6.45) is 20.3. The van der Waals surface area contributed by atoms with Crippen LogP contribution in [-0.4, -0.2) is 29.6 Å². The molecule has 11 atom stereocenters. The maximum atomic E-state index is 12.3. The number of aliphatic hydroxyl groups is 1. The highest BCUT2D eigenvalue weighted by Gasteiger charge is 2.74. The zero-order valence-corrected chi connectivity index (χ0v) is 20.8. The number of aldehydes is 1. The first-order chi connectivity index (χ1) is 16.5. The number of hydrogen-bond acceptors (Lipinski definition) is 4. The van der Waals surface area contributed by atoms with Crippen LogP contribution in [0.1, 0.15) is 83.5 Å². The van der Waals surface area contributed by atoms with Crippen molar-refractivity contribution in [3.05, 3.63) is 24.5 Å². The largest absolute Gasteiger partial charge is 0.498 e. The first kappa shape index (κ1) is 23.3. The Labute approximate surface area is 205 Å². The van der Waals surface area contributed by atoms with E-state index in [0.717, 1.165) is 37.4 Å². The van der Waals surface area contributed by atoms with Crippen molar-refractivity contribution in [3.63, 3.8) is 0 Å². The predicted molar refractivity (Wildman–Crippen MR) is 134 cm³/mol. The number of carbonyl (C=O) groups excluding carboxylic acids is 1. The lowest BCUT2D eigenvalue weighted by Crippen LogP contribution is -2.45. The fourth-order valence-corrected chi connectivity index (χ4v) is 10.3. The molecule has 6 rings (SSSR count). The Balaban J connectivity index is 1.26. The number of rotatable bonds is 5.